The van der Waals surface area contributed by atoms with Gasteiger partial charge in [-0.25, -0.2) is 0 Å². The van der Waals surface area contributed by atoms with Crippen LogP contribution in [0.5, 0.6) is 0 Å². The van der Waals surface area contributed by atoms with Crippen molar-refractivity contribution in [3.8, 4) is 0 Å². The first-order valence-electron chi connectivity index (χ1n) is 6.27. The maximum atomic E-state index is 5.91. The molecule has 0 aliphatic heterocycles. The van der Waals surface area contributed by atoms with Crippen molar-refractivity contribution in [2.24, 2.45) is 0 Å². The molecular formula is C14H19N3O. The maximum absolute atomic E-state index is 5.91. The Balaban J connectivity index is 2.07. The highest BCUT2D eigenvalue weighted by Crippen LogP contribution is 2.26. The average molecular weight is 245 g/mol. The zero-order valence-electron chi connectivity index (χ0n) is 10.6. The fourth-order valence-electron chi connectivity index (χ4n) is 1.89. The fraction of sp³-hybridized carbons (Fsp3) is 0.357. The quantitative estimate of drug-likeness (QED) is 0.606. The smallest absolute Gasteiger partial charge is 0.0951 e. The van der Waals surface area contributed by atoms with Crippen molar-refractivity contribution < 1.29 is 4.74 Å². The van der Waals surface area contributed by atoms with E-state index in [1.54, 1.807) is 6.20 Å². The van der Waals surface area contributed by atoms with Crippen LogP contribution in [0.3, 0.4) is 0 Å². The molecule has 0 bridgehead atoms. The number of fused-ring (bicyclic) bond motifs is 1. The summed E-state index contributed by atoms with van der Waals surface area (Å²) in [6, 6.07) is 7.84. The van der Waals surface area contributed by atoms with Crippen LogP contribution in [0.2, 0.25) is 0 Å². The monoisotopic (exact) mass is 245 g/mol. The summed E-state index contributed by atoms with van der Waals surface area (Å²) in [6.45, 7) is 4.45. The van der Waals surface area contributed by atoms with Crippen molar-refractivity contribution in [3.63, 3.8) is 0 Å². The van der Waals surface area contributed by atoms with Crippen LogP contribution in [-0.4, -0.2) is 24.7 Å². The van der Waals surface area contributed by atoms with Crippen LogP contribution in [0.25, 0.3) is 10.9 Å². The van der Waals surface area contributed by atoms with Crippen LogP contribution in [0.15, 0.2) is 30.5 Å². The van der Waals surface area contributed by atoms with E-state index in [-0.39, 0.29) is 0 Å². The second kappa shape index (κ2) is 6.21. The predicted molar refractivity (Wildman–Crippen MR) is 75.8 cm³/mol. The van der Waals surface area contributed by atoms with Crippen LogP contribution in [0, 0.1) is 0 Å². The van der Waals surface area contributed by atoms with Crippen molar-refractivity contribution >= 4 is 22.3 Å². The number of ether oxygens (including phenoxy) is 1. The van der Waals surface area contributed by atoms with Crippen LogP contribution < -0.4 is 11.1 Å². The van der Waals surface area contributed by atoms with E-state index < -0.39 is 0 Å². The number of pyridine rings is 1. The van der Waals surface area contributed by atoms with Crippen LogP contribution in [-0.2, 0) is 4.74 Å². The Kier molecular flexibility index (Phi) is 4.36. The molecule has 1 aromatic carbocycles. The number of nitrogens with zero attached hydrogens (tertiary/aromatic N) is 1. The number of benzene rings is 1. The van der Waals surface area contributed by atoms with Gasteiger partial charge in [-0.05, 0) is 37.6 Å². The Bertz CT molecular complexity index is 513. The van der Waals surface area contributed by atoms with Gasteiger partial charge in [0.15, 0.2) is 0 Å². The highest BCUT2D eigenvalue weighted by Gasteiger charge is 2.03. The van der Waals surface area contributed by atoms with Gasteiger partial charge in [0, 0.05) is 37.0 Å². The lowest BCUT2D eigenvalue weighted by Gasteiger charge is -2.10. The molecule has 0 unspecified atom stereocenters. The molecule has 0 amide bonds. The highest BCUT2D eigenvalue weighted by atomic mass is 16.5. The first-order chi connectivity index (χ1) is 8.83. The highest BCUT2D eigenvalue weighted by molar-refractivity contribution is 5.98. The molecule has 18 heavy (non-hydrogen) atoms. The minimum atomic E-state index is 0.713. The Labute approximate surface area is 107 Å². The summed E-state index contributed by atoms with van der Waals surface area (Å²) in [5, 5.41) is 4.46. The second-order valence-electron chi connectivity index (χ2n) is 4.08. The van der Waals surface area contributed by atoms with Gasteiger partial charge in [-0.2, -0.15) is 0 Å². The van der Waals surface area contributed by atoms with E-state index >= 15 is 0 Å². The van der Waals surface area contributed by atoms with Crippen LogP contribution >= 0.6 is 0 Å². The molecule has 2 rings (SSSR count). The lowest BCUT2D eigenvalue weighted by Crippen LogP contribution is -2.06. The molecule has 0 saturated carbocycles. The van der Waals surface area contributed by atoms with E-state index in [1.165, 1.54) is 0 Å². The largest absolute Gasteiger partial charge is 0.397 e. The third kappa shape index (κ3) is 2.90. The van der Waals surface area contributed by atoms with Gasteiger partial charge in [0.25, 0.3) is 0 Å². The minimum Gasteiger partial charge on any atom is -0.397 e. The molecule has 4 heteroatoms. The van der Waals surface area contributed by atoms with Crippen molar-refractivity contribution in [2.45, 2.75) is 13.3 Å². The van der Waals surface area contributed by atoms with Gasteiger partial charge < -0.3 is 15.8 Å². The molecule has 2 aromatic rings. The summed E-state index contributed by atoms with van der Waals surface area (Å²) >= 11 is 0. The topological polar surface area (TPSA) is 60.2 Å². The molecule has 0 fully saturated rings. The molecule has 4 nitrogen and oxygen atoms in total. The molecule has 1 heterocycles. The molecule has 1 aromatic heterocycles. The summed E-state index contributed by atoms with van der Waals surface area (Å²) < 4.78 is 5.31. The number of nitrogens with one attached hydrogen (secondary N) is 1. The van der Waals surface area contributed by atoms with Gasteiger partial charge in [0.05, 0.1) is 11.2 Å². The number of hydrogen-bond donors (Lipinski definition) is 2. The summed E-state index contributed by atoms with van der Waals surface area (Å²) in [5.41, 5.74) is 8.55. The average Bonchev–Trinajstić information content (AvgIpc) is 2.41. The number of anilines is 2. The Morgan fingerprint density at radius 3 is 3.06 bits per heavy atom. The first-order valence-corrected chi connectivity index (χ1v) is 6.27. The van der Waals surface area contributed by atoms with Gasteiger partial charge in [0.2, 0.25) is 0 Å². The van der Waals surface area contributed by atoms with Gasteiger partial charge in [-0.1, -0.05) is 0 Å². The standard InChI is InChI=1S/C14H19N3O/c1-2-18-10-4-9-16-13-7-6-12(15)14-11(13)5-3-8-17-14/h3,5-8,16H,2,4,9-10,15H2,1H3. The molecule has 0 atom stereocenters. The third-order valence-electron chi connectivity index (χ3n) is 2.79. The first kappa shape index (κ1) is 12.6. The van der Waals surface area contributed by atoms with Crippen LogP contribution in [0.1, 0.15) is 13.3 Å². The zero-order valence-corrected chi connectivity index (χ0v) is 10.6. The normalized spacial score (nSPS) is 10.7. The number of hydrogen-bond acceptors (Lipinski definition) is 4. The molecule has 0 aliphatic carbocycles. The molecular weight excluding hydrogens is 226 g/mol. The summed E-state index contributed by atoms with van der Waals surface area (Å²) in [7, 11) is 0. The van der Waals surface area contributed by atoms with Crippen molar-refractivity contribution in [1.82, 2.24) is 4.98 Å². The van der Waals surface area contributed by atoms with Crippen molar-refractivity contribution in [3.05, 3.63) is 30.5 Å². The molecule has 3 N–H and O–H groups in total. The molecule has 0 spiro atoms. The van der Waals surface area contributed by atoms with E-state index in [0.717, 1.165) is 42.8 Å². The second-order valence-corrected chi connectivity index (χ2v) is 4.08. The molecule has 0 radical (unpaired) electrons. The Morgan fingerprint density at radius 1 is 1.33 bits per heavy atom. The number of nitrogen functional groups attached to an aromatic ring is 1. The van der Waals surface area contributed by atoms with E-state index in [9.17, 15) is 0 Å². The van der Waals surface area contributed by atoms with E-state index in [0.29, 0.717) is 5.69 Å². The lowest BCUT2D eigenvalue weighted by atomic mass is 10.1. The zero-order chi connectivity index (χ0) is 12.8. The maximum Gasteiger partial charge on any atom is 0.0951 e. The molecule has 0 saturated heterocycles. The summed E-state index contributed by atoms with van der Waals surface area (Å²) in [5.74, 6) is 0. The Hall–Kier alpha value is -1.81. The number of nitrogens with two attached hydrogens (primary N) is 1. The molecule has 0 aliphatic rings. The number of rotatable bonds is 6. The Morgan fingerprint density at radius 2 is 2.22 bits per heavy atom. The minimum absolute atomic E-state index is 0.713. The van der Waals surface area contributed by atoms with Gasteiger partial charge in [0.1, 0.15) is 0 Å². The summed E-state index contributed by atoms with van der Waals surface area (Å²) in [4.78, 5) is 4.31. The number of aromatic nitrogens is 1. The van der Waals surface area contributed by atoms with E-state index in [4.69, 9.17) is 10.5 Å². The van der Waals surface area contributed by atoms with Crippen molar-refractivity contribution in [2.75, 3.05) is 30.8 Å². The predicted octanol–water partition coefficient (Wildman–Crippen LogP) is 2.66. The SMILES string of the molecule is CCOCCCNc1ccc(N)c2ncccc12. The van der Waals surface area contributed by atoms with Gasteiger partial charge in [-0.3, -0.25) is 4.98 Å². The van der Waals surface area contributed by atoms with E-state index in [2.05, 4.69) is 10.3 Å². The fourth-order valence-corrected chi connectivity index (χ4v) is 1.89. The van der Waals surface area contributed by atoms with Gasteiger partial charge in [-0.15, -0.1) is 0 Å². The van der Waals surface area contributed by atoms with Crippen molar-refractivity contribution in [1.29, 1.82) is 0 Å². The molecule has 96 valence electrons. The van der Waals surface area contributed by atoms with E-state index in [1.807, 2.05) is 31.2 Å². The summed E-state index contributed by atoms with van der Waals surface area (Å²) in [6.07, 6.45) is 2.75. The lowest BCUT2D eigenvalue weighted by molar-refractivity contribution is 0.147. The van der Waals surface area contributed by atoms with Crippen LogP contribution in [0.4, 0.5) is 11.4 Å². The third-order valence-corrected chi connectivity index (χ3v) is 2.79. The van der Waals surface area contributed by atoms with Gasteiger partial charge >= 0.3 is 0 Å².